The first-order valence-electron chi connectivity index (χ1n) is 12.1. The molecule has 0 aliphatic heterocycles. The summed E-state index contributed by atoms with van der Waals surface area (Å²) in [6.45, 7) is 4.13. The van der Waals surface area contributed by atoms with Crippen molar-refractivity contribution in [2.24, 2.45) is 0 Å². The Labute approximate surface area is 228 Å². The number of rotatable bonds is 12. The third-order valence-electron chi connectivity index (χ3n) is 6.00. The molecule has 190 valence electrons. The van der Waals surface area contributed by atoms with Crippen molar-refractivity contribution in [3.8, 4) is 0 Å². The lowest BCUT2D eigenvalue weighted by molar-refractivity contribution is -0.139. The summed E-state index contributed by atoms with van der Waals surface area (Å²) in [6.07, 6.45) is 1.18. The van der Waals surface area contributed by atoms with Crippen molar-refractivity contribution < 1.29 is 9.59 Å². The molecule has 4 nitrogen and oxygen atoms in total. The van der Waals surface area contributed by atoms with E-state index in [4.69, 9.17) is 23.2 Å². The Balaban J connectivity index is 1.91. The molecule has 0 saturated carbocycles. The molecule has 2 atom stereocenters. The Morgan fingerprint density at radius 3 is 2.06 bits per heavy atom. The van der Waals surface area contributed by atoms with Gasteiger partial charge < -0.3 is 10.2 Å². The molecule has 3 aromatic rings. The van der Waals surface area contributed by atoms with Gasteiger partial charge in [0.2, 0.25) is 11.8 Å². The van der Waals surface area contributed by atoms with Crippen LogP contribution in [-0.2, 0) is 28.3 Å². The lowest BCUT2D eigenvalue weighted by Crippen LogP contribution is -2.52. The summed E-state index contributed by atoms with van der Waals surface area (Å²) in [6, 6.07) is 24.3. The Morgan fingerprint density at radius 1 is 0.889 bits per heavy atom. The third-order valence-corrected chi connectivity index (χ3v) is 7.70. The van der Waals surface area contributed by atoms with E-state index in [1.807, 2.05) is 74.5 Å². The summed E-state index contributed by atoms with van der Waals surface area (Å²) < 4.78 is 0. The van der Waals surface area contributed by atoms with Gasteiger partial charge in [-0.15, -0.1) is 11.8 Å². The molecule has 36 heavy (non-hydrogen) atoms. The molecule has 2 amide bonds. The second kappa shape index (κ2) is 14.3. The van der Waals surface area contributed by atoms with E-state index in [9.17, 15) is 9.59 Å². The summed E-state index contributed by atoms with van der Waals surface area (Å²) in [4.78, 5) is 28.9. The van der Waals surface area contributed by atoms with Crippen molar-refractivity contribution in [3.63, 3.8) is 0 Å². The van der Waals surface area contributed by atoms with Gasteiger partial charge in [-0.05, 0) is 36.6 Å². The van der Waals surface area contributed by atoms with E-state index >= 15 is 0 Å². The SMILES string of the molecule is CC[C@H](C)NC(=O)[C@@H](Cc1ccccc1)N(Cc1c(Cl)cccc1Cl)C(=O)CSCc1ccccc1. The molecule has 0 fully saturated rings. The number of nitrogens with zero attached hydrogens (tertiary/aromatic N) is 1. The molecule has 0 aliphatic carbocycles. The second-order valence-corrected chi connectivity index (χ2v) is 10.5. The smallest absolute Gasteiger partial charge is 0.243 e. The van der Waals surface area contributed by atoms with Gasteiger partial charge in [-0.1, -0.05) is 96.9 Å². The van der Waals surface area contributed by atoms with Crippen LogP contribution in [0, 0.1) is 0 Å². The van der Waals surface area contributed by atoms with Gasteiger partial charge in [-0.2, -0.15) is 0 Å². The van der Waals surface area contributed by atoms with Crippen molar-refractivity contribution in [1.82, 2.24) is 10.2 Å². The molecule has 0 unspecified atom stereocenters. The summed E-state index contributed by atoms with van der Waals surface area (Å²) in [7, 11) is 0. The maximum absolute atomic E-state index is 13.7. The summed E-state index contributed by atoms with van der Waals surface area (Å²) in [5, 5.41) is 4.02. The molecule has 0 saturated heterocycles. The highest BCUT2D eigenvalue weighted by Gasteiger charge is 2.31. The summed E-state index contributed by atoms with van der Waals surface area (Å²) >= 11 is 14.5. The Bertz CT molecular complexity index is 1110. The van der Waals surface area contributed by atoms with Crippen LogP contribution >= 0.6 is 35.0 Å². The molecule has 7 heteroatoms. The molecule has 3 rings (SSSR count). The molecule has 0 heterocycles. The summed E-state index contributed by atoms with van der Waals surface area (Å²) in [5.41, 5.74) is 2.75. The zero-order valence-electron chi connectivity index (χ0n) is 20.6. The van der Waals surface area contributed by atoms with Crippen LogP contribution in [-0.4, -0.2) is 34.6 Å². The van der Waals surface area contributed by atoms with E-state index < -0.39 is 6.04 Å². The lowest BCUT2D eigenvalue weighted by atomic mass is 10.0. The average molecular weight is 544 g/mol. The minimum atomic E-state index is -0.710. The zero-order chi connectivity index (χ0) is 25.9. The van der Waals surface area contributed by atoms with E-state index in [2.05, 4.69) is 5.32 Å². The van der Waals surface area contributed by atoms with Gasteiger partial charge in [0.25, 0.3) is 0 Å². The number of amides is 2. The number of halogens is 2. The molecule has 1 N–H and O–H groups in total. The minimum absolute atomic E-state index is 0.0101. The fraction of sp³-hybridized carbons (Fsp3) is 0.310. The number of hydrogen-bond donors (Lipinski definition) is 1. The van der Waals surface area contributed by atoms with Crippen LogP contribution in [0.4, 0.5) is 0 Å². The minimum Gasteiger partial charge on any atom is -0.352 e. The van der Waals surface area contributed by atoms with Crippen LogP contribution in [0.3, 0.4) is 0 Å². The van der Waals surface area contributed by atoms with Crippen molar-refractivity contribution >= 4 is 46.8 Å². The van der Waals surface area contributed by atoms with Crippen molar-refractivity contribution in [2.75, 3.05) is 5.75 Å². The van der Waals surface area contributed by atoms with E-state index in [0.29, 0.717) is 27.8 Å². The van der Waals surface area contributed by atoms with Crippen molar-refractivity contribution in [3.05, 3.63) is 106 Å². The molecule has 0 aliphatic rings. The third kappa shape index (κ3) is 8.29. The van der Waals surface area contributed by atoms with Crippen molar-refractivity contribution in [2.45, 2.75) is 51.1 Å². The van der Waals surface area contributed by atoms with Gasteiger partial charge in [0.15, 0.2) is 0 Å². The molecule has 0 spiro atoms. The molecular weight excluding hydrogens is 511 g/mol. The van der Waals surface area contributed by atoms with Gasteiger partial charge in [-0.3, -0.25) is 9.59 Å². The number of hydrogen-bond acceptors (Lipinski definition) is 3. The van der Waals surface area contributed by atoms with Crippen LogP contribution < -0.4 is 5.32 Å². The van der Waals surface area contributed by atoms with E-state index in [1.165, 1.54) is 11.8 Å². The molecule has 3 aromatic carbocycles. The highest BCUT2D eigenvalue weighted by molar-refractivity contribution is 7.99. The van der Waals surface area contributed by atoms with Crippen LogP contribution in [0.1, 0.15) is 37.0 Å². The topological polar surface area (TPSA) is 49.4 Å². The van der Waals surface area contributed by atoms with Gasteiger partial charge in [0.05, 0.1) is 5.75 Å². The highest BCUT2D eigenvalue weighted by atomic mass is 35.5. The number of thioether (sulfide) groups is 1. The van der Waals surface area contributed by atoms with E-state index in [1.54, 1.807) is 23.1 Å². The molecule has 0 radical (unpaired) electrons. The lowest BCUT2D eigenvalue weighted by Gasteiger charge is -2.32. The van der Waals surface area contributed by atoms with Gasteiger partial charge in [-0.25, -0.2) is 0 Å². The van der Waals surface area contributed by atoms with Crippen LogP contribution in [0.2, 0.25) is 10.0 Å². The van der Waals surface area contributed by atoms with Gasteiger partial charge in [0.1, 0.15) is 6.04 Å². The van der Waals surface area contributed by atoms with Crippen molar-refractivity contribution in [1.29, 1.82) is 0 Å². The van der Waals surface area contributed by atoms with E-state index in [-0.39, 0.29) is 30.2 Å². The average Bonchev–Trinajstić information content (AvgIpc) is 2.88. The zero-order valence-corrected chi connectivity index (χ0v) is 23.0. The van der Waals surface area contributed by atoms with E-state index in [0.717, 1.165) is 17.5 Å². The maximum Gasteiger partial charge on any atom is 0.243 e. The first-order valence-corrected chi connectivity index (χ1v) is 14.0. The van der Waals surface area contributed by atoms with Crippen LogP contribution in [0.15, 0.2) is 78.9 Å². The maximum atomic E-state index is 13.7. The second-order valence-electron chi connectivity index (χ2n) is 8.72. The van der Waals surface area contributed by atoms with Crippen LogP contribution in [0.5, 0.6) is 0 Å². The quantitative estimate of drug-likeness (QED) is 0.274. The number of carbonyl (C=O) groups excluding carboxylic acids is 2. The first-order chi connectivity index (χ1) is 17.4. The molecule has 0 bridgehead atoms. The standard InChI is InChI=1S/C29H32Cl2N2O2S/c1-3-21(2)32-29(35)27(17-22-11-6-4-7-12-22)33(18-24-25(30)15-10-16-26(24)31)28(34)20-36-19-23-13-8-5-9-14-23/h4-16,21,27H,3,17-20H2,1-2H3,(H,32,35)/t21-,27+/m0/s1. The number of nitrogens with one attached hydrogen (secondary N) is 1. The Morgan fingerprint density at radius 2 is 1.47 bits per heavy atom. The highest BCUT2D eigenvalue weighted by Crippen LogP contribution is 2.28. The predicted molar refractivity (Wildman–Crippen MR) is 151 cm³/mol. The Kier molecular flexibility index (Phi) is 11.2. The first kappa shape index (κ1) is 28.1. The Hall–Kier alpha value is -2.47. The fourth-order valence-corrected chi connectivity index (χ4v) is 5.15. The fourth-order valence-electron chi connectivity index (χ4n) is 3.76. The summed E-state index contributed by atoms with van der Waals surface area (Å²) in [5.74, 6) is 0.624. The monoisotopic (exact) mass is 542 g/mol. The normalized spacial score (nSPS) is 12.6. The molecule has 0 aromatic heterocycles. The van der Waals surface area contributed by atoms with Gasteiger partial charge in [0, 0.05) is 40.4 Å². The number of benzene rings is 3. The predicted octanol–water partition coefficient (Wildman–Crippen LogP) is 6.78. The largest absolute Gasteiger partial charge is 0.352 e. The van der Waals surface area contributed by atoms with Gasteiger partial charge >= 0.3 is 0 Å². The van der Waals surface area contributed by atoms with Crippen LogP contribution in [0.25, 0.3) is 0 Å². The molecular formula is C29H32Cl2N2O2S. The number of carbonyl (C=O) groups is 2.